The van der Waals surface area contributed by atoms with Crippen LogP contribution in [0.25, 0.3) is 10.2 Å². The van der Waals surface area contributed by atoms with Crippen molar-refractivity contribution in [3.63, 3.8) is 0 Å². The van der Waals surface area contributed by atoms with Gasteiger partial charge < -0.3 is 5.32 Å². The van der Waals surface area contributed by atoms with Crippen LogP contribution in [-0.4, -0.2) is 23.0 Å². The van der Waals surface area contributed by atoms with Crippen LogP contribution in [-0.2, 0) is 0 Å². The number of aromatic nitrogens is 1. The van der Waals surface area contributed by atoms with Crippen molar-refractivity contribution in [1.29, 1.82) is 0 Å². The van der Waals surface area contributed by atoms with Gasteiger partial charge in [-0.05, 0) is 30.0 Å². The Hall–Kier alpha value is -1.02. The molecule has 18 heavy (non-hydrogen) atoms. The maximum absolute atomic E-state index is 5.21. The normalized spacial score (nSPS) is 12.4. The number of fused-ring (bicyclic) bond motifs is 1. The fourth-order valence-corrected chi connectivity index (χ4v) is 3.01. The minimum absolute atomic E-state index is 0.329. The summed E-state index contributed by atoms with van der Waals surface area (Å²) < 4.78 is 1.25. The van der Waals surface area contributed by atoms with Gasteiger partial charge in [0.1, 0.15) is 0 Å². The van der Waals surface area contributed by atoms with Crippen molar-refractivity contribution >= 4 is 33.3 Å². The van der Waals surface area contributed by atoms with Crippen molar-refractivity contribution in [1.82, 2.24) is 10.3 Å². The smallest absolute Gasteiger partial charge is 0.0809 e. The van der Waals surface area contributed by atoms with Gasteiger partial charge in [0.15, 0.2) is 0 Å². The van der Waals surface area contributed by atoms with Crippen LogP contribution in [0.3, 0.4) is 0 Å². The van der Waals surface area contributed by atoms with E-state index in [0.29, 0.717) is 6.04 Å². The van der Waals surface area contributed by atoms with Gasteiger partial charge in [0.05, 0.1) is 16.0 Å². The zero-order chi connectivity index (χ0) is 12.8. The van der Waals surface area contributed by atoms with Gasteiger partial charge >= 0.3 is 0 Å². The number of nitrogens with zero attached hydrogens (tertiary/aromatic N) is 1. The van der Waals surface area contributed by atoms with Gasteiger partial charge in [0.2, 0.25) is 0 Å². The van der Waals surface area contributed by atoms with Gasteiger partial charge in [0.25, 0.3) is 0 Å². The second kappa shape index (κ2) is 6.79. The lowest BCUT2D eigenvalue weighted by Crippen LogP contribution is -2.21. The Morgan fingerprint density at radius 2 is 2.50 bits per heavy atom. The third kappa shape index (κ3) is 3.49. The molecular weight excluding hydrogens is 260 g/mol. The SMILES string of the molecule is C#CCSCCNC(C)c1cnc2ccsc2c1. The Kier molecular flexibility index (Phi) is 5.06. The standard InChI is InChI=1S/C14H16N2S2/c1-3-6-17-8-5-15-11(2)12-9-14-13(16-10-12)4-7-18-14/h1,4,7,9-11,15H,5-6,8H2,2H3. The maximum Gasteiger partial charge on any atom is 0.0809 e. The summed E-state index contributed by atoms with van der Waals surface area (Å²) in [4.78, 5) is 4.46. The predicted molar refractivity (Wildman–Crippen MR) is 82.2 cm³/mol. The molecule has 94 valence electrons. The molecule has 0 saturated heterocycles. The topological polar surface area (TPSA) is 24.9 Å². The van der Waals surface area contributed by atoms with Gasteiger partial charge in [-0.15, -0.1) is 29.5 Å². The number of rotatable bonds is 6. The summed E-state index contributed by atoms with van der Waals surface area (Å²) in [7, 11) is 0. The number of terminal acetylenes is 1. The molecule has 0 aliphatic heterocycles. The summed E-state index contributed by atoms with van der Waals surface area (Å²) >= 11 is 3.52. The monoisotopic (exact) mass is 276 g/mol. The van der Waals surface area contributed by atoms with Crippen LogP contribution in [0.1, 0.15) is 18.5 Å². The zero-order valence-corrected chi connectivity index (χ0v) is 12.0. The summed E-state index contributed by atoms with van der Waals surface area (Å²) in [6.45, 7) is 3.14. The first-order valence-electron chi connectivity index (χ1n) is 5.89. The first-order valence-corrected chi connectivity index (χ1v) is 7.92. The Morgan fingerprint density at radius 1 is 1.61 bits per heavy atom. The molecule has 0 amide bonds. The van der Waals surface area contributed by atoms with E-state index in [4.69, 9.17) is 6.42 Å². The highest BCUT2D eigenvalue weighted by atomic mass is 32.2. The highest BCUT2D eigenvalue weighted by molar-refractivity contribution is 7.99. The number of pyridine rings is 1. The second-order valence-corrected chi connectivity index (χ2v) is 6.06. The number of hydrogen-bond donors (Lipinski definition) is 1. The molecule has 2 aromatic heterocycles. The molecule has 2 aromatic rings. The molecule has 1 N–H and O–H groups in total. The third-order valence-corrected chi connectivity index (χ3v) is 4.42. The Morgan fingerprint density at radius 3 is 3.33 bits per heavy atom. The van der Waals surface area contributed by atoms with Gasteiger partial charge in [-0.25, -0.2) is 0 Å². The number of thiophene rings is 1. The molecule has 0 aliphatic carbocycles. The molecule has 0 saturated carbocycles. The Bertz CT molecular complexity index is 542. The molecule has 2 rings (SSSR count). The lowest BCUT2D eigenvalue weighted by molar-refractivity contribution is 0.600. The minimum Gasteiger partial charge on any atom is -0.309 e. The van der Waals surface area contributed by atoms with Crippen LogP contribution in [0.5, 0.6) is 0 Å². The van der Waals surface area contributed by atoms with Crippen LogP contribution in [0, 0.1) is 12.3 Å². The summed E-state index contributed by atoms with van der Waals surface area (Å²) in [5.41, 5.74) is 2.33. The molecular formula is C14H16N2S2. The maximum atomic E-state index is 5.21. The lowest BCUT2D eigenvalue weighted by Gasteiger charge is -2.13. The van der Waals surface area contributed by atoms with Gasteiger partial charge in [-0.2, -0.15) is 0 Å². The minimum atomic E-state index is 0.329. The first-order chi connectivity index (χ1) is 8.81. The van der Waals surface area contributed by atoms with Crippen molar-refractivity contribution < 1.29 is 0 Å². The molecule has 0 bridgehead atoms. The van der Waals surface area contributed by atoms with Gasteiger partial charge in [-0.1, -0.05) is 5.92 Å². The van der Waals surface area contributed by atoms with E-state index in [1.165, 1.54) is 10.3 Å². The quantitative estimate of drug-likeness (QED) is 0.647. The van der Waals surface area contributed by atoms with Crippen molar-refractivity contribution in [3.8, 4) is 12.3 Å². The fourth-order valence-electron chi connectivity index (χ4n) is 1.69. The largest absolute Gasteiger partial charge is 0.309 e. The van der Waals surface area contributed by atoms with E-state index in [0.717, 1.165) is 23.6 Å². The first kappa shape index (κ1) is 13.4. The summed E-state index contributed by atoms with van der Waals surface area (Å²) in [6.07, 6.45) is 7.17. The van der Waals surface area contributed by atoms with E-state index in [2.05, 4.69) is 40.7 Å². The average Bonchev–Trinajstić information content (AvgIpc) is 2.85. The van der Waals surface area contributed by atoms with Crippen molar-refractivity contribution in [3.05, 3.63) is 29.3 Å². The molecule has 0 fully saturated rings. The van der Waals surface area contributed by atoms with Crippen LogP contribution in [0.15, 0.2) is 23.7 Å². The van der Waals surface area contributed by atoms with E-state index in [9.17, 15) is 0 Å². The van der Waals surface area contributed by atoms with E-state index < -0.39 is 0 Å². The van der Waals surface area contributed by atoms with Crippen LogP contribution >= 0.6 is 23.1 Å². The molecule has 4 heteroatoms. The predicted octanol–water partition coefficient (Wildman–Crippen LogP) is 3.31. The molecule has 2 nitrogen and oxygen atoms in total. The van der Waals surface area contributed by atoms with Gasteiger partial charge in [-0.3, -0.25) is 4.98 Å². The fraction of sp³-hybridized carbons (Fsp3) is 0.357. The van der Waals surface area contributed by atoms with Crippen LogP contribution < -0.4 is 5.32 Å². The van der Waals surface area contributed by atoms with E-state index in [1.54, 1.807) is 23.1 Å². The Balaban J connectivity index is 1.88. The van der Waals surface area contributed by atoms with E-state index in [1.807, 2.05) is 6.20 Å². The van der Waals surface area contributed by atoms with Crippen molar-refractivity contribution in [2.45, 2.75) is 13.0 Å². The molecule has 0 aliphatic rings. The highest BCUT2D eigenvalue weighted by Gasteiger charge is 2.06. The Labute approximate surface area is 116 Å². The molecule has 0 spiro atoms. The molecule has 0 radical (unpaired) electrons. The molecule has 2 heterocycles. The van der Waals surface area contributed by atoms with Crippen LogP contribution in [0.4, 0.5) is 0 Å². The van der Waals surface area contributed by atoms with Crippen LogP contribution in [0.2, 0.25) is 0 Å². The third-order valence-electron chi connectivity index (χ3n) is 2.71. The zero-order valence-electron chi connectivity index (χ0n) is 10.3. The summed E-state index contributed by atoms with van der Waals surface area (Å²) in [5.74, 6) is 4.47. The second-order valence-electron chi connectivity index (χ2n) is 4.01. The number of thioether (sulfide) groups is 1. The number of nitrogens with one attached hydrogen (secondary N) is 1. The molecule has 1 atom stereocenters. The van der Waals surface area contributed by atoms with E-state index in [-0.39, 0.29) is 0 Å². The lowest BCUT2D eigenvalue weighted by atomic mass is 10.1. The van der Waals surface area contributed by atoms with Crippen molar-refractivity contribution in [2.24, 2.45) is 0 Å². The molecule has 0 aromatic carbocycles. The van der Waals surface area contributed by atoms with Crippen molar-refractivity contribution in [2.75, 3.05) is 18.1 Å². The average molecular weight is 276 g/mol. The van der Waals surface area contributed by atoms with Gasteiger partial charge in [0, 0.05) is 24.5 Å². The van der Waals surface area contributed by atoms with E-state index >= 15 is 0 Å². The number of hydrogen-bond acceptors (Lipinski definition) is 4. The molecule has 1 unspecified atom stereocenters. The summed E-state index contributed by atoms with van der Waals surface area (Å²) in [6, 6.07) is 4.60. The summed E-state index contributed by atoms with van der Waals surface area (Å²) in [5, 5.41) is 5.57. The highest BCUT2D eigenvalue weighted by Crippen LogP contribution is 2.22.